The number of amides is 1. The zero-order chi connectivity index (χ0) is 14.7. The molecule has 1 saturated heterocycles. The lowest BCUT2D eigenvalue weighted by Crippen LogP contribution is -2.31. The van der Waals surface area contributed by atoms with Crippen LogP contribution in [0.5, 0.6) is 0 Å². The molecule has 1 N–H and O–H groups in total. The molecule has 0 saturated carbocycles. The zero-order valence-electron chi connectivity index (χ0n) is 11.7. The van der Waals surface area contributed by atoms with Gasteiger partial charge in [-0.3, -0.25) is 4.79 Å². The van der Waals surface area contributed by atoms with Crippen molar-refractivity contribution in [3.8, 4) is 10.8 Å². The van der Waals surface area contributed by atoms with Crippen molar-refractivity contribution in [1.29, 1.82) is 0 Å². The van der Waals surface area contributed by atoms with Crippen molar-refractivity contribution in [3.05, 3.63) is 29.0 Å². The lowest BCUT2D eigenvalue weighted by Gasteiger charge is -2.09. The molecule has 6 nitrogen and oxygen atoms in total. The largest absolute Gasteiger partial charge is 0.376 e. The number of hydrogen-bond donors (Lipinski definition) is 1. The van der Waals surface area contributed by atoms with E-state index in [1.165, 1.54) is 11.3 Å². The summed E-state index contributed by atoms with van der Waals surface area (Å²) in [4.78, 5) is 25.5. The van der Waals surface area contributed by atoms with Gasteiger partial charge >= 0.3 is 0 Å². The Kier molecular flexibility index (Phi) is 4.21. The first-order valence-corrected chi connectivity index (χ1v) is 7.70. The highest BCUT2D eigenvalue weighted by Gasteiger charge is 2.20. The van der Waals surface area contributed by atoms with Crippen molar-refractivity contribution in [3.63, 3.8) is 0 Å². The molecule has 7 heteroatoms. The molecule has 0 spiro atoms. The summed E-state index contributed by atoms with van der Waals surface area (Å²) in [5.41, 5.74) is 0.701. The predicted molar refractivity (Wildman–Crippen MR) is 79.2 cm³/mol. The van der Waals surface area contributed by atoms with Gasteiger partial charge in [-0.2, -0.15) is 0 Å². The molecule has 1 aliphatic rings. The molecule has 21 heavy (non-hydrogen) atoms. The zero-order valence-corrected chi connectivity index (χ0v) is 12.5. The molecule has 2 aromatic rings. The molecule has 2 aromatic heterocycles. The van der Waals surface area contributed by atoms with Crippen molar-refractivity contribution < 1.29 is 9.53 Å². The number of ether oxygens (including phenoxy) is 1. The van der Waals surface area contributed by atoms with Crippen LogP contribution in [0.4, 0.5) is 0 Å². The fourth-order valence-electron chi connectivity index (χ4n) is 2.20. The topological polar surface area (TPSA) is 77.0 Å². The number of carbonyl (C=O) groups is 1. The molecule has 0 unspecified atom stereocenters. The Labute approximate surface area is 126 Å². The van der Waals surface area contributed by atoms with Crippen LogP contribution in [0, 0.1) is 6.92 Å². The van der Waals surface area contributed by atoms with Crippen molar-refractivity contribution in [2.45, 2.75) is 25.9 Å². The second kappa shape index (κ2) is 6.28. The van der Waals surface area contributed by atoms with E-state index in [2.05, 4.69) is 20.3 Å². The van der Waals surface area contributed by atoms with Crippen LogP contribution in [0.1, 0.15) is 28.2 Å². The third-order valence-corrected chi connectivity index (χ3v) is 4.43. The van der Waals surface area contributed by atoms with Gasteiger partial charge in [0.05, 0.1) is 11.8 Å². The van der Waals surface area contributed by atoms with Gasteiger partial charge in [0.2, 0.25) is 0 Å². The summed E-state index contributed by atoms with van der Waals surface area (Å²) in [6.45, 7) is 3.16. The molecular weight excluding hydrogens is 288 g/mol. The van der Waals surface area contributed by atoms with Gasteiger partial charge in [-0.1, -0.05) is 0 Å². The number of aryl methyl sites for hydroxylation is 1. The van der Waals surface area contributed by atoms with Gasteiger partial charge < -0.3 is 10.1 Å². The normalized spacial score (nSPS) is 17.9. The number of rotatable bonds is 4. The van der Waals surface area contributed by atoms with Crippen LogP contribution < -0.4 is 5.32 Å². The Bertz CT molecular complexity index is 623. The second-order valence-electron chi connectivity index (χ2n) is 4.85. The lowest BCUT2D eigenvalue weighted by atomic mass is 10.2. The molecule has 1 amide bonds. The van der Waals surface area contributed by atoms with Crippen LogP contribution in [-0.4, -0.2) is 40.1 Å². The van der Waals surface area contributed by atoms with E-state index in [1.807, 2.05) is 6.92 Å². The average Bonchev–Trinajstić information content (AvgIpc) is 3.15. The monoisotopic (exact) mass is 304 g/mol. The lowest BCUT2D eigenvalue weighted by molar-refractivity contribution is 0.0860. The van der Waals surface area contributed by atoms with E-state index in [1.54, 1.807) is 18.5 Å². The molecule has 1 aliphatic heterocycles. The fourth-order valence-corrected chi connectivity index (χ4v) is 3.14. The smallest absolute Gasteiger partial charge is 0.263 e. The Morgan fingerprint density at radius 1 is 1.48 bits per heavy atom. The van der Waals surface area contributed by atoms with Crippen LogP contribution in [0.2, 0.25) is 0 Å². The van der Waals surface area contributed by atoms with Gasteiger partial charge in [-0.15, -0.1) is 11.3 Å². The van der Waals surface area contributed by atoms with E-state index < -0.39 is 0 Å². The number of nitrogens with one attached hydrogen (secondary N) is 1. The number of aromatic nitrogens is 3. The molecular formula is C14H16N4O2S. The Morgan fingerprint density at radius 3 is 3.00 bits per heavy atom. The van der Waals surface area contributed by atoms with Crippen LogP contribution in [-0.2, 0) is 4.74 Å². The van der Waals surface area contributed by atoms with E-state index >= 15 is 0 Å². The maximum absolute atomic E-state index is 12.2. The van der Waals surface area contributed by atoms with E-state index in [4.69, 9.17) is 4.74 Å². The third-order valence-electron chi connectivity index (χ3n) is 3.27. The SMILES string of the molecule is Cc1nc(-c2ncccn2)sc1C(=O)NC[C@@H]1CCCO1. The molecule has 3 rings (SSSR count). The maximum Gasteiger partial charge on any atom is 0.263 e. The molecule has 1 fully saturated rings. The fraction of sp³-hybridized carbons (Fsp3) is 0.429. The second-order valence-corrected chi connectivity index (χ2v) is 5.85. The number of hydrogen-bond acceptors (Lipinski definition) is 6. The highest BCUT2D eigenvalue weighted by atomic mass is 32.1. The van der Waals surface area contributed by atoms with E-state index in [9.17, 15) is 4.79 Å². The van der Waals surface area contributed by atoms with E-state index in [-0.39, 0.29) is 12.0 Å². The Balaban J connectivity index is 1.70. The highest BCUT2D eigenvalue weighted by molar-refractivity contribution is 7.17. The predicted octanol–water partition coefficient (Wildman–Crippen LogP) is 1.82. The first-order valence-electron chi connectivity index (χ1n) is 6.88. The van der Waals surface area contributed by atoms with Gasteiger partial charge in [0.1, 0.15) is 4.88 Å². The van der Waals surface area contributed by atoms with Gasteiger partial charge in [0, 0.05) is 25.5 Å². The van der Waals surface area contributed by atoms with Crippen molar-refractivity contribution in [2.75, 3.05) is 13.2 Å². The third kappa shape index (κ3) is 3.25. The molecule has 0 aliphatic carbocycles. The van der Waals surface area contributed by atoms with Crippen LogP contribution in [0.25, 0.3) is 10.8 Å². The minimum Gasteiger partial charge on any atom is -0.376 e. The number of carbonyl (C=O) groups excluding carboxylic acids is 1. The van der Waals surface area contributed by atoms with Crippen LogP contribution in [0.15, 0.2) is 18.5 Å². The first-order chi connectivity index (χ1) is 10.2. The summed E-state index contributed by atoms with van der Waals surface area (Å²) in [5, 5.41) is 3.57. The van der Waals surface area contributed by atoms with Crippen LogP contribution >= 0.6 is 11.3 Å². The van der Waals surface area contributed by atoms with Crippen molar-refractivity contribution >= 4 is 17.2 Å². The molecule has 0 aromatic carbocycles. The van der Waals surface area contributed by atoms with Gasteiger partial charge in [0.25, 0.3) is 5.91 Å². The molecule has 110 valence electrons. The van der Waals surface area contributed by atoms with E-state index in [0.717, 1.165) is 19.4 Å². The molecule has 1 atom stereocenters. The van der Waals surface area contributed by atoms with E-state index in [0.29, 0.717) is 27.9 Å². The van der Waals surface area contributed by atoms with Gasteiger partial charge in [-0.25, -0.2) is 15.0 Å². The van der Waals surface area contributed by atoms with Gasteiger partial charge in [0.15, 0.2) is 10.8 Å². The summed E-state index contributed by atoms with van der Waals surface area (Å²) in [7, 11) is 0. The average molecular weight is 304 g/mol. The standard InChI is InChI=1S/C14H16N4O2S/c1-9-11(13(19)17-8-10-4-2-7-20-10)21-14(18-9)12-15-5-3-6-16-12/h3,5-6,10H,2,4,7-8H2,1H3,(H,17,19)/t10-/m0/s1. The summed E-state index contributed by atoms with van der Waals surface area (Å²) < 4.78 is 5.50. The first kappa shape index (κ1) is 14.1. The van der Waals surface area contributed by atoms with Crippen molar-refractivity contribution in [2.24, 2.45) is 0 Å². The van der Waals surface area contributed by atoms with Crippen molar-refractivity contribution in [1.82, 2.24) is 20.3 Å². The molecule has 3 heterocycles. The number of thiazole rings is 1. The quantitative estimate of drug-likeness (QED) is 0.932. The molecule has 0 bridgehead atoms. The Hall–Kier alpha value is -1.86. The minimum absolute atomic E-state index is 0.109. The summed E-state index contributed by atoms with van der Waals surface area (Å²) in [6, 6.07) is 1.75. The minimum atomic E-state index is -0.109. The Morgan fingerprint density at radius 2 is 2.29 bits per heavy atom. The number of nitrogens with zero attached hydrogens (tertiary/aromatic N) is 3. The maximum atomic E-state index is 12.2. The molecule has 0 radical (unpaired) electrons. The summed E-state index contributed by atoms with van der Waals surface area (Å²) in [6.07, 6.45) is 5.53. The van der Waals surface area contributed by atoms with Gasteiger partial charge in [-0.05, 0) is 25.8 Å². The summed E-state index contributed by atoms with van der Waals surface area (Å²) in [5.74, 6) is 0.437. The highest BCUT2D eigenvalue weighted by Crippen LogP contribution is 2.25. The summed E-state index contributed by atoms with van der Waals surface area (Å²) >= 11 is 1.31. The van der Waals surface area contributed by atoms with Crippen LogP contribution in [0.3, 0.4) is 0 Å².